The first-order valence-corrected chi connectivity index (χ1v) is 5.28. The molecule has 0 aromatic rings. The third-order valence-electron chi connectivity index (χ3n) is 2.03. The molecule has 0 spiro atoms. The summed E-state index contributed by atoms with van der Waals surface area (Å²) in [6, 6.07) is -0.435. The Morgan fingerprint density at radius 1 is 1.69 bits per heavy atom. The topological polar surface area (TPSA) is 58.2 Å². The number of hydrogen-bond donors (Lipinski definition) is 2. The normalized spacial score (nSPS) is 24.5. The van der Waals surface area contributed by atoms with Crippen LogP contribution in [0.2, 0.25) is 0 Å². The van der Waals surface area contributed by atoms with Gasteiger partial charge in [0, 0.05) is 12.8 Å². The SMILES string of the molecule is CNC(=O)C(C)NC1CCSC1=O. The predicted molar refractivity (Wildman–Crippen MR) is 52.5 cm³/mol. The monoisotopic (exact) mass is 202 g/mol. The maximum atomic E-state index is 11.2. The van der Waals surface area contributed by atoms with Gasteiger partial charge in [0.25, 0.3) is 0 Å². The maximum Gasteiger partial charge on any atom is 0.236 e. The van der Waals surface area contributed by atoms with Gasteiger partial charge in [0.2, 0.25) is 11.0 Å². The molecule has 2 unspecified atom stereocenters. The maximum absolute atomic E-state index is 11.2. The molecule has 2 N–H and O–H groups in total. The van der Waals surface area contributed by atoms with E-state index in [-0.39, 0.29) is 23.1 Å². The highest BCUT2D eigenvalue weighted by atomic mass is 32.2. The van der Waals surface area contributed by atoms with E-state index >= 15 is 0 Å². The number of carbonyl (C=O) groups excluding carboxylic acids is 2. The van der Waals surface area contributed by atoms with Crippen molar-refractivity contribution in [3.05, 3.63) is 0 Å². The molecule has 1 rings (SSSR count). The van der Waals surface area contributed by atoms with Crippen LogP contribution in [-0.4, -0.2) is 35.9 Å². The van der Waals surface area contributed by atoms with Gasteiger partial charge in [-0.3, -0.25) is 14.9 Å². The number of carbonyl (C=O) groups is 2. The van der Waals surface area contributed by atoms with E-state index in [1.165, 1.54) is 11.8 Å². The second-order valence-electron chi connectivity index (χ2n) is 3.01. The average Bonchev–Trinajstić information content (AvgIpc) is 2.50. The van der Waals surface area contributed by atoms with Gasteiger partial charge in [-0.1, -0.05) is 11.8 Å². The van der Waals surface area contributed by atoms with Gasteiger partial charge in [-0.25, -0.2) is 0 Å². The third-order valence-corrected chi connectivity index (χ3v) is 3.04. The lowest BCUT2D eigenvalue weighted by Gasteiger charge is -2.15. The van der Waals surface area contributed by atoms with E-state index in [1.807, 2.05) is 0 Å². The van der Waals surface area contributed by atoms with E-state index in [0.717, 1.165) is 12.2 Å². The molecule has 1 aliphatic rings. The van der Waals surface area contributed by atoms with Crippen LogP contribution in [0, 0.1) is 0 Å². The van der Waals surface area contributed by atoms with E-state index in [2.05, 4.69) is 10.6 Å². The lowest BCUT2D eigenvalue weighted by Crippen LogP contribution is -2.46. The van der Waals surface area contributed by atoms with Crippen molar-refractivity contribution >= 4 is 22.8 Å². The molecular weight excluding hydrogens is 188 g/mol. The fourth-order valence-electron chi connectivity index (χ4n) is 1.24. The van der Waals surface area contributed by atoms with Crippen molar-refractivity contribution < 1.29 is 9.59 Å². The van der Waals surface area contributed by atoms with E-state index in [4.69, 9.17) is 0 Å². The van der Waals surface area contributed by atoms with Crippen molar-refractivity contribution in [2.45, 2.75) is 25.4 Å². The number of amides is 1. The highest BCUT2D eigenvalue weighted by molar-refractivity contribution is 8.14. The summed E-state index contributed by atoms with van der Waals surface area (Å²) in [7, 11) is 1.59. The third kappa shape index (κ3) is 2.70. The van der Waals surface area contributed by atoms with Crippen molar-refractivity contribution in [1.82, 2.24) is 10.6 Å². The Labute approximate surface area is 81.8 Å². The molecule has 1 fully saturated rings. The Bertz CT molecular complexity index is 220. The molecule has 0 bridgehead atoms. The van der Waals surface area contributed by atoms with Gasteiger partial charge in [-0.2, -0.15) is 0 Å². The summed E-state index contributed by atoms with van der Waals surface area (Å²) in [5.41, 5.74) is 0. The highest BCUT2D eigenvalue weighted by Crippen LogP contribution is 2.19. The molecule has 1 amide bonds. The number of likely N-dealkylation sites (N-methyl/N-ethyl adjacent to an activating group) is 1. The summed E-state index contributed by atoms with van der Waals surface area (Å²) < 4.78 is 0. The molecule has 1 saturated heterocycles. The molecule has 2 atom stereocenters. The van der Waals surface area contributed by atoms with Crippen molar-refractivity contribution in [3.63, 3.8) is 0 Å². The van der Waals surface area contributed by atoms with Crippen LogP contribution in [0.5, 0.6) is 0 Å². The van der Waals surface area contributed by atoms with Crippen LogP contribution in [0.25, 0.3) is 0 Å². The zero-order valence-electron chi connectivity index (χ0n) is 7.79. The van der Waals surface area contributed by atoms with E-state index < -0.39 is 0 Å². The second-order valence-corrected chi connectivity index (χ2v) is 4.11. The summed E-state index contributed by atoms with van der Waals surface area (Å²) in [5, 5.41) is 5.68. The van der Waals surface area contributed by atoms with Gasteiger partial charge < -0.3 is 5.32 Å². The zero-order valence-corrected chi connectivity index (χ0v) is 8.61. The quantitative estimate of drug-likeness (QED) is 0.662. The van der Waals surface area contributed by atoms with Crippen LogP contribution >= 0.6 is 11.8 Å². The highest BCUT2D eigenvalue weighted by Gasteiger charge is 2.27. The van der Waals surface area contributed by atoms with Crippen LogP contribution in [0.3, 0.4) is 0 Å². The summed E-state index contributed by atoms with van der Waals surface area (Å²) >= 11 is 1.33. The molecule has 0 aromatic heterocycles. The number of nitrogens with one attached hydrogen (secondary N) is 2. The van der Waals surface area contributed by atoms with Gasteiger partial charge in [0.15, 0.2) is 0 Å². The predicted octanol–water partition coefficient (Wildman–Crippen LogP) is -0.257. The van der Waals surface area contributed by atoms with E-state index in [1.54, 1.807) is 14.0 Å². The Balaban J connectivity index is 2.39. The molecule has 0 saturated carbocycles. The van der Waals surface area contributed by atoms with Crippen LogP contribution in [-0.2, 0) is 9.59 Å². The zero-order chi connectivity index (χ0) is 9.84. The first-order chi connectivity index (χ1) is 6.15. The van der Waals surface area contributed by atoms with Gasteiger partial charge in [0.1, 0.15) is 0 Å². The first kappa shape index (κ1) is 10.5. The minimum absolute atomic E-state index is 0.0790. The summed E-state index contributed by atoms with van der Waals surface area (Å²) in [6.45, 7) is 1.76. The minimum Gasteiger partial charge on any atom is -0.358 e. The molecule has 1 aliphatic heterocycles. The van der Waals surface area contributed by atoms with Gasteiger partial charge in [0.05, 0.1) is 12.1 Å². The van der Waals surface area contributed by atoms with E-state index in [0.29, 0.717) is 0 Å². The van der Waals surface area contributed by atoms with Crippen molar-refractivity contribution in [1.29, 1.82) is 0 Å². The summed E-state index contributed by atoms with van der Waals surface area (Å²) in [6.07, 6.45) is 0.824. The van der Waals surface area contributed by atoms with Gasteiger partial charge in [-0.05, 0) is 13.3 Å². The molecule has 5 heteroatoms. The second kappa shape index (κ2) is 4.62. The number of rotatable bonds is 3. The molecule has 74 valence electrons. The Morgan fingerprint density at radius 3 is 2.85 bits per heavy atom. The Morgan fingerprint density at radius 2 is 2.38 bits per heavy atom. The smallest absolute Gasteiger partial charge is 0.236 e. The van der Waals surface area contributed by atoms with Crippen LogP contribution < -0.4 is 10.6 Å². The van der Waals surface area contributed by atoms with Crippen molar-refractivity contribution in [3.8, 4) is 0 Å². The summed E-state index contributed by atoms with van der Waals surface area (Å²) in [4.78, 5) is 22.3. The van der Waals surface area contributed by atoms with Crippen LogP contribution in [0.1, 0.15) is 13.3 Å². The fourth-order valence-corrected chi connectivity index (χ4v) is 2.18. The Kier molecular flexibility index (Phi) is 3.74. The molecule has 13 heavy (non-hydrogen) atoms. The summed E-state index contributed by atoms with van der Waals surface area (Å²) in [5.74, 6) is 0.779. The molecule has 0 aliphatic carbocycles. The molecule has 1 heterocycles. The number of hydrogen-bond acceptors (Lipinski definition) is 4. The van der Waals surface area contributed by atoms with Crippen LogP contribution in [0.4, 0.5) is 0 Å². The van der Waals surface area contributed by atoms with Gasteiger partial charge >= 0.3 is 0 Å². The largest absolute Gasteiger partial charge is 0.358 e. The van der Waals surface area contributed by atoms with E-state index in [9.17, 15) is 9.59 Å². The number of thioether (sulfide) groups is 1. The average molecular weight is 202 g/mol. The molecule has 0 radical (unpaired) electrons. The first-order valence-electron chi connectivity index (χ1n) is 4.29. The molecule has 0 aromatic carbocycles. The fraction of sp³-hybridized carbons (Fsp3) is 0.750. The molecule has 4 nitrogen and oxygen atoms in total. The molecular formula is C8H14N2O2S. The lowest BCUT2D eigenvalue weighted by atomic mass is 10.2. The Hall–Kier alpha value is -0.550. The van der Waals surface area contributed by atoms with Crippen molar-refractivity contribution in [2.24, 2.45) is 0 Å². The minimum atomic E-state index is -0.294. The van der Waals surface area contributed by atoms with Crippen LogP contribution in [0.15, 0.2) is 0 Å². The van der Waals surface area contributed by atoms with Gasteiger partial charge in [-0.15, -0.1) is 0 Å². The van der Waals surface area contributed by atoms with Crippen molar-refractivity contribution in [2.75, 3.05) is 12.8 Å². The standard InChI is InChI=1S/C8H14N2O2S/c1-5(7(11)9-2)10-6-3-4-13-8(6)12/h5-6,10H,3-4H2,1-2H3,(H,9,11). The lowest BCUT2D eigenvalue weighted by molar-refractivity contribution is -0.122.